The molecule has 2 aromatic carbocycles. The molecule has 4 heteroatoms. The zero-order valence-corrected chi connectivity index (χ0v) is 18.3. The second-order valence-corrected chi connectivity index (χ2v) is 8.57. The van der Waals surface area contributed by atoms with Gasteiger partial charge in [-0.3, -0.25) is 4.98 Å². The summed E-state index contributed by atoms with van der Waals surface area (Å²) in [6.07, 6.45) is 6.47. The van der Waals surface area contributed by atoms with Gasteiger partial charge in [-0.15, -0.1) is 0 Å². The fraction of sp³-hybridized carbons (Fsp3) is 0.346. The van der Waals surface area contributed by atoms with E-state index in [1.165, 1.54) is 41.8 Å². The minimum absolute atomic E-state index is 0.527. The molecular formula is C26H29ClN2O. The van der Waals surface area contributed by atoms with Crippen molar-refractivity contribution in [3.63, 3.8) is 0 Å². The minimum atomic E-state index is 0.527. The van der Waals surface area contributed by atoms with Crippen molar-refractivity contribution in [3.05, 3.63) is 94.3 Å². The van der Waals surface area contributed by atoms with E-state index in [0.717, 1.165) is 36.7 Å². The van der Waals surface area contributed by atoms with Crippen molar-refractivity contribution in [1.29, 1.82) is 0 Å². The first-order valence-electron chi connectivity index (χ1n) is 10.7. The Bertz CT molecular complexity index is 923. The molecule has 0 saturated carbocycles. The molecule has 0 amide bonds. The highest BCUT2D eigenvalue weighted by Crippen LogP contribution is 2.26. The molecule has 0 spiro atoms. The van der Waals surface area contributed by atoms with E-state index in [1.807, 2.05) is 30.5 Å². The largest absolute Gasteiger partial charge is 0.497 e. The highest BCUT2D eigenvalue weighted by atomic mass is 35.5. The summed E-state index contributed by atoms with van der Waals surface area (Å²) in [7, 11) is 1.71. The van der Waals surface area contributed by atoms with Crippen LogP contribution < -0.4 is 4.74 Å². The van der Waals surface area contributed by atoms with E-state index < -0.39 is 0 Å². The van der Waals surface area contributed by atoms with Crippen LogP contribution >= 0.6 is 11.6 Å². The Balaban J connectivity index is 1.31. The molecule has 0 aliphatic carbocycles. The summed E-state index contributed by atoms with van der Waals surface area (Å²) in [5, 5.41) is 0.779. The summed E-state index contributed by atoms with van der Waals surface area (Å²) in [5.74, 6) is 1.45. The summed E-state index contributed by atoms with van der Waals surface area (Å²) in [6.45, 7) is 3.37. The van der Waals surface area contributed by atoms with Crippen molar-refractivity contribution in [2.45, 2.75) is 31.6 Å². The van der Waals surface area contributed by atoms with Gasteiger partial charge in [-0.05, 0) is 79.3 Å². The molecule has 1 fully saturated rings. The van der Waals surface area contributed by atoms with Crippen LogP contribution in [0.25, 0.3) is 0 Å². The highest BCUT2D eigenvalue weighted by molar-refractivity contribution is 6.30. The molecule has 3 nitrogen and oxygen atoms in total. The number of halogens is 1. The van der Waals surface area contributed by atoms with E-state index in [0.29, 0.717) is 5.92 Å². The van der Waals surface area contributed by atoms with Crippen LogP contribution in [0, 0.1) is 0 Å². The molecule has 1 aromatic heterocycles. The predicted octanol–water partition coefficient (Wildman–Crippen LogP) is 5.76. The topological polar surface area (TPSA) is 25.4 Å². The fourth-order valence-corrected chi connectivity index (χ4v) is 4.33. The summed E-state index contributed by atoms with van der Waals surface area (Å²) >= 11 is 5.98. The molecule has 0 N–H and O–H groups in total. The SMILES string of the molecule is COc1ccc(CCN2CCCC(c3ccc(Cc4ccc(Cl)cc4)cn3)C2)cc1. The van der Waals surface area contributed by atoms with Gasteiger partial charge in [0.05, 0.1) is 7.11 Å². The van der Waals surface area contributed by atoms with Gasteiger partial charge in [0.2, 0.25) is 0 Å². The van der Waals surface area contributed by atoms with Gasteiger partial charge >= 0.3 is 0 Å². The molecule has 2 heterocycles. The number of ether oxygens (including phenoxy) is 1. The van der Waals surface area contributed by atoms with Crippen LogP contribution in [-0.2, 0) is 12.8 Å². The Morgan fingerprint density at radius 1 is 0.967 bits per heavy atom. The summed E-state index contributed by atoms with van der Waals surface area (Å²) < 4.78 is 5.25. The third-order valence-electron chi connectivity index (χ3n) is 5.97. The molecule has 30 heavy (non-hydrogen) atoms. The standard InChI is InChI=1S/C26H29ClN2O/c1-30-25-11-6-20(7-12-25)14-16-29-15-2-3-23(19-29)26-13-8-22(18-28-26)17-21-4-9-24(27)10-5-21/h4-13,18,23H,2-3,14-17,19H2,1H3. The molecule has 1 saturated heterocycles. The van der Waals surface area contributed by atoms with Crippen LogP contribution in [0.5, 0.6) is 5.75 Å². The van der Waals surface area contributed by atoms with Crippen molar-refractivity contribution in [1.82, 2.24) is 9.88 Å². The molecule has 1 atom stereocenters. The van der Waals surface area contributed by atoms with Gasteiger partial charge in [0.15, 0.2) is 0 Å². The van der Waals surface area contributed by atoms with E-state index in [4.69, 9.17) is 21.3 Å². The van der Waals surface area contributed by atoms with E-state index in [-0.39, 0.29) is 0 Å². The van der Waals surface area contributed by atoms with Gasteiger partial charge in [0.1, 0.15) is 5.75 Å². The maximum absolute atomic E-state index is 5.98. The monoisotopic (exact) mass is 420 g/mol. The lowest BCUT2D eigenvalue weighted by molar-refractivity contribution is 0.208. The molecule has 1 aliphatic heterocycles. The van der Waals surface area contributed by atoms with Gasteiger partial charge in [-0.1, -0.05) is 41.9 Å². The lowest BCUT2D eigenvalue weighted by atomic mass is 9.93. The third kappa shape index (κ3) is 5.62. The number of likely N-dealkylation sites (tertiary alicyclic amines) is 1. The van der Waals surface area contributed by atoms with Crippen molar-refractivity contribution < 1.29 is 4.74 Å². The van der Waals surface area contributed by atoms with E-state index in [9.17, 15) is 0 Å². The number of hydrogen-bond acceptors (Lipinski definition) is 3. The second kappa shape index (κ2) is 10.1. The van der Waals surface area contributed by atoms with Crippen LogP contribution in [0.2, 0.25) is 5.02 Å². The average molecular weight is 421 g/mol. The van der Waals surface area contributed by atoms with E-state index in [1.54, 1.807) is 7.11 Å². The zero-order chi connectivity index (χ0) is 20.8. The van der Waals surface area contributed by atoms with Gasteiger partial charge in [0.25, 0.3) is 0 Å². The predicted molar refractivity (Wildman–Crippen MR) is 124 cm³/mol. The Morgan fingerprint density at radius 3 is 2.40 bits per heavy atom. The van der Waals surface area contributed by atoms with Crippen LogP contribution in [0.15, 0.2) is 66.9 Å². The number of methoxy groups -OCH3 is 1. The maximum atomic E-state index is 5.98. The van der Waals surface area contributed by atoms with Crippen LogP contribution in [0.1, 0.15) is 41.1 Å². The highest BCUT2D eigenvalue weighted by Gasteiger charge is 2.22. The number of piperidine rings is 1. The van der Waals surface area contributed by atoms with Crippen LogP contribution in [-0.4, -0.2) is 36.6 Å². The number of hydrogen-bond donors (Lipinski definition) is 0. The molecule has 4 rings (SSSR count). The minimum Gasteiger partial charge on any atom is -0.497 e. The van der Waals surface area contributed by atoms with Gasteiger partial charge in [0, 0.05) is 35.9 Å². The molecule has 1 aliphatic rings. The lowest BCUT2D eigenvalue weighted by Gasteiger charge is -2.32. The Hall–Kier alpha value is -2.36. The number of rotatable bonds is 7. The third-order valence-corrected chi connectivity index (χ3v) is 6.22. The van der Waals surface area contributed by atoms with Crippen molar-refractivity contribution in [2.75, 3.05) is 26.7 Å². The summed E-state index contributed by atoms with van der Waals surface area (Å²) in [5.41, 5.74) is 5.09. The fourth-order valence-electron chi connectivity index (χ4n) is 4.20. The van der Waals surface area contributed by atoms with E-state index >= 15 is 0 Å². The number of benzene rings is 2. The molecule has 3 aromatic rings. The molecule has 0 bridgehead atoms. The van der Waals surface area contributed by atoms with Crippen molar-refractivity contribution in [2.24, 2.45) is 0 Å². The number of aromatic nitrogens is 1. The zero-order valence-electron chi connectivity index (χ0n) is 17.6. The first-order valence-corrected chi connectivity index (χ1v) is 11.1. The van der Waals surface area contributed by atoms with Gasteiger partial charge < -0.3 is 9.64 Å². The van der Waals surface area contributed by atoms with Crippen LogP contribution in [0.4, 0.5) is 0 Å². The molecule has 0 radical (unpaired) electrons. The van der Waals surface area contributed by atoms with E-state index in [2.05, 4.69) is 41.3 Å². The maximum Gasteiger partial charge on any atom is 0.118 e. The van der Waals surface area contributed by atoms with Crippen molar-refractivity contribution >= 4 is 11.6 Å². The molecule has 1 unspecified atom stereocenters. The lowest BCUT2D eigenvalue weighted by Crippen LogP contribution is -2.36. The Morgan fingerprint density at radius 2 is 1.70 bits per heavy atom. The number of nitrogens with zero attached hydrogens (tertiary/aromatic N) is 2. The van der Waals surface area contributed by atoms with Gasteiger partial charge in [-0.25, -0.2) is 0 Å². The summed E-state index contributed by atoms with van der Waals surface area (Å²) in [6, 6.07) is 20.9. The molecular weight excluding hydrogens is 392 g/mol. The molecule has 156 valence electrons. The average Bonchev–Trinajstić information content (AvgIpc) is 2.80. The van der Waals surface area contributed by atoms with Crippen LogP contribution in [0.3, 0.4) is 0 Å². The first-order chi connectivity index (χ1) is 14.7. The summed E-state index contributed by atoms with van der Waals surface area (Å²) in [4.78, 5) is 7.41. The Labute approximate surface area is 184 Å². The smallest absolute Gasteiger partial charge is 0.118 e. The quantitative estimate of drug-likeness (QED) is 0.486. The Kier molecular flexibility index (Phi) is 7.03. The van der Waals surface area contributed by atoms with Crippen molar-refractivity contribution in [3.8, 4) is 5.75 Å². The first kappa shape index (κ1) is 20.9. The van der Waals surface area contributed by atoms with Gasteiger partial charge in [-0.2, -0.15) is 0 Å². The normalized spacial score (nSPS) is 17.1. The second-order valence-electron chi connectivity index (χ2n) is 8.13. The number of pyridine rings is 1.